The quantitative estimate of drug-likeness (QED) is 0.547. The third kappa shape index (κ3) is 34.1. The summed E-state index contributed by atoms with van der Waals surface area (Å²) in [5.41, 5.74) is 4.47. The number of primary amides is 1. The highest BCUT2D eigenvalue weighted by Crippen LogP contribution is 2.00. The van der Waals surface area contributed by atoms with Gasteiger partial charge >= 0.3 is 0 Å². The number of halogens is 1. The van der Waals surface area contributed by atoms with E-state index in [2.05, 4.69) is 12.7 Å². The van der Waals surface area contributed by atoms with Gasteiger partial charge in [0, 0.05) is 13.3 Å². The first kappa shape index (κ1) is 14.0. The minimum absolute atomic E-state index is 0.210. The minimum Gasteiger partial charge on any atom is -0.370 e. The Bertz CT molecular complexity index is 133. The lowest BCUT2D eigenvalue weighted by molar-refractivity contribution is -0.116. The van der Waals surface area contributed by atoms with Crippen LogP contribution in [0.15, 0.2) is 0 Å². The fraction of sp³-hybridized carbons (Fsp3) is 0.750. The Morgan fingerprint density at radius 2 is 1.75 bits per heavy atom. The second-order valence-corrected chi connectivity index (χ2v) is 2.84. The van der Waals surface area contributed by atoms with Gasteiger partial charge in [-0.3, -0.25) is 9.59 Å². The lowest BCUT2D eigenvalue weighted by Crippen LogP contribution is -2.01. The fourth-order valence-electron chi connectivity index (χ4n) is 0.514. The van der Waals surface area contributed by atoms with Crippen LogP contribution in [-0.2, 0) is 9.59 Å². The number of rotatable bonds is 4. The summed E-state index contributed by atoms with van der Waals surface area (Å²) in [5, 5.41) is -0.210. The summed E-state index contributed by atoms with van der Waals surface area (Å²) in [6.45, 7) is 3.40. The van der Waals surface area contributed by atoms with E-state index in [0.717, 1.165) is 19.3 Å². The van der Waals surface area contributed by atoms with Crippen LogP contribution in [-0.4, -0.2) is 11.1 Å². The summed E-state index contributed by atoms with van der Waals surface area (Å²) in [7, 11) is 0. The zero-order chi connectivity index (χ0) is 9.98. The number of hydrogen-bond acceptors (Lipinski definition) is 2. The van der Waals surface area contributed by atoms with Gasteiger partial charge in [-0.2, -0.15) is 0 Å². The van der Waals surface area contributed by atoms with Gasteiger partial charge in [-0.15, -0.1) is 0 Å². The molecule has 0 atom stereocenters. The monoisotopic (exact) mass is 193 g/mol. The Hall–Kier alpha value is -0.570. The Morgan fingerprint density at radius 1 is 1.33 bits per heavy atom. The average Bonchev–Trinajstić information content (AvgIpc) is 1.86. The van der Waals surface area contributed by atoms with Gasteiger partial charge in [0.2, 0.25) is 11.1 Å². The van der Waals surface area contributed by atoms with Gasteiger partial charge in [-0.05, 0) is 18.0 Å². The predicted molar refractivity (Wildman–Crippen MR) is 49.9 cm³/mol. The number of hydrogen-bond donors (Lipinski definition) is 1. The third-order valence-electron chi connectivity index (χ3n) is 0.977. The fourth-order valence-corrected chi connectivity index (χ4v) is 0.648. The number of nitrogens with two attached hydrogens (primary N) is 1. The molecule has 0 aromatic carbocycles. The van der Waals surface area contributed by atoms with Crippen LogP contribution in [0.2, 0.25) is 0 Å². The molecule has 0 fully saturated rings. The van der Waals surface area contributed by atoms with Crippen molar-refractivity contribution in [1.82, 2.24) is 0 Å². The van der Waals surface area contributed by atoms with Crippen molar-refractivity contribution in [2.75, 3.05) is 0 Å². The van der Waals surface area contributed by atoms with Crippen molar-refractivity contribution in [1.29, 1.82) is 0 Å². The molecule has 0 aromatic heterocycles. The van der Waals surface area contributed by atoms with Gasteiger partial charge in [0.15, 0.2) is 0 Å². The molecular formula is C8H16ClNO2. The summed E-state index contributed by atoms with van der Waals surface area (Å²) < 4.78 is 0. The van der Waals surface area contributed by atoms with Crippen molar-refractivity contribution in [2.24, 2.45) is 5.73 Å². The molecule has 0 rings (SSSR count). The molecule has 0 saturated carbocycles. The van der Waals surface area contributed by atoms with Crippen LogP contribution in [0.3, 0.4) is 0 Å². The second-order valence-electron chi connectivity index (χ2n) is 2.42. The average molecular weight is 194 g/mol. The normalized spacial score (nSPS) is 8.25. The molecule has 3 nitrogen and oxygen atoms in total. The Kier molecular flexibility index (Phi) is 12.2. The number of unbranched alkanes of at least 4 members (excludes halogenated alkanes) is 2. The number of amides is 1. The first-order chi connectivity index (χ1) is 5.50. The van der Waals surface area contributed by atoms with E-state index in [-0.39, 0.29) is 11.1 Å². The molecule has 72 valence electrons. The van der Waals surface area contributed by atoms with Gasteiger partial charge in [-0.1, -0.05) is 19.8 Å². The predicted octanol–water partition coefficient (Wildman–Crippen LogP) is 1.82. The van der Waals surface area contributed by atoms with E-state index < -0.39 is 0 Å². The Labute approximate surface area is 78.3 Å². The van der Waals surface area contributed by atoms with Gasteiger partial charge in [-0.25, -0.2) is 0 Å². The molecular weight excluding hydrogens is 178 g/mol. The maximum Gasteiger partial charge on any atom is 0.221 e. The highest BCUT2D eigenvalue weighted by atomic mass is 35.5. The van der Waals surface area contributed by atoms with Crippen LogP contribution in [0.25, 0.3) is 0 Å². The molecule has 0 aliphatic rings. The third-order valence-corrected chi connectivity index (χ3v) is 1.17. The molecule has 0 saturated heterocycles. The highest BCUT2D eigenvalue weighted by Gasteiger charge is 1.92. The minimum atomic E-state index is -0.333. The van der Waals surface area contributed by atoms with Crippen molar-refractivity contribution in [3.8, 4) is 0 Å². The van der Waals surface area contributed by atoms with E-state index in [1.807, 2.05) is 0 Å². The van der Waals surface area contributed by atoms with E-state index >= 15 is 0 Å². The van der Waals surface area contributed by atoms with E-state index in [9.17, 15) is 9.59 Å². The largest absolute Gasteiger partial charge is 0.370 e. The molecule has 0 aliphatic heterocycles. The lowest BCUT2D eigenvalue weighted by Gasteiger charge is -1.89. The van der Waals surface area contributed by atoms with Crippen molar-refractivity contribution < 1.29 is 9.59 Å². The van der Waals surface area contributed by atoms with Gasteiger partial charge in [0.1, 0.15) is 0 Å². The maximum absolute atomic E-state index is 10.1. The Balaban J connectivity index is 0. The highest BCUT2D eigenvalue weighted by molar-refractivity contribution is 6.63. The molecule has 0 spiro atoms. The van der Waals surface area contributed by atoms with Crippen LogP contribution < -0.4 is 5.73 Å². The molecule has 2 N–H and O–H groups in total. The molecule has 0 aliphatic carbocycles. The van der Waals surface area contributed by atoms with Gasteiger partial charge in [0.25, 0.3) is 0 Å². The van der Waals surface area contributed by atoms with Crippen LogP contribution in [0, 0.1) is 0 Å². The first-order valence-corrected chi connectivity index (χ1v) is 4.32. The van der Waals surface area contributed by atoms with E-state index in [4.69, 9.17) is 11.6 Å². The topological polar surface area (TPSA) is 60.2 Å². The van der Waals surface area contributed by atoms with Crippen LogP contribution in [0.4, 0.5) is 0 Å². The number of carbonyl (C=O) groups excluding carboxylic acids is 2. The van der Waals surface area contributed by atoms with E-state index in [0.29, 0.717) is 6.42 Å². The standard InChI is InChI=1S/C6H11ClO.C2H5NO/c1-2-3-4-5-6(7)8;1-2(3)4/h2-5H2,1H3;1H3,(H2,3,4). The number of carbonyl (C=O) groups is 2. The first-order valence-electron chi connectivity index (χ1n) is 3.95. The molecule has 0 heterocycles. The van der Waals surface area contributed by atoms with Crippen molar-refractivity contribution in [3.05, 3.63) is 0 Å². The molecule has 12 heavy (non-hydrogen) atoms. The molecule has 4 heteroatoms. The zero-order valence-corrected chi connectivity index (χ0v) is 8.36. The summed E-state index contributed by atoms with van der Waals surface area (Å²) in [4.78, 5) is 19.3. The van der Waals surface area contributed by atoms with E-state index in [1.54, 1.807) is 0 Å². The van der Waals surface area contributed by atoms with Gasteiger partial charge in [0.05, 0.1) is 0 Å². The van der Waals surface area contributed by atoms with Crippen molar-refractivity contribution >= 4 is 22.8 Å². The second kappa shape index (κ2) is 10.4. The van der Waals surface area contributed by atoms with E-state index in [1.165, 1.54) is 6.92 Å². The summed E-state index contributed by atoms with van der Waals surface area (Å²) in [6.07, 6.45) is 3.73. The van der Waals surface area contributed by atoms with Crippen molar-refractivity contribution in [2.45, 2.75) is 39.5 Å². The molecule has 0 unspecified atom stereocenters. The van der Waals surface area contributed by atoms with Gasteiger partial charge < -0.3 is 5.73 Å². The SMILES string of the molecule is CC(N)=O.CCCCCC(=O)Cl. The molecule has 0 aromatic rings. The van der Waals surface area contributed by atoms with Crippen LogP contribution in [0.5, 0.6) is 0 Å². The smallest absolute Gasteiger partial charge is 0.221 e. The summed E-state index contributed by atoms with van der Waals surface area (Å²) in [5.74, 6) is -0.333. The summed E-state index contributed by atoms with van der Waals surface area (Å²) in [6, 6.07) is 0. The van der Waals surface area contributed by atoms with Crippen LogP contribution >= 0.6 is 11.6 Å². The van der Waals surface area contributed by atoms with Crippen molar-refractivity contribution in [3.63, 3.8) is 0 Å². The Morgan fingerprint density at radius 3 is 2.00 bits per heavy atom. The lowest BCUT2D eigenvalue weighted by atomic mass is 10.2. The molecule has 0 bridgehead atoms. The zero-order valence-electron chi connectivity index (χ0n) is 7.60. The maximum atomic E-state index is 10.1. The molecule has 1 amide bonds. The summed E-state index contributed by atoms with van der Waals surface area (Å²) >= 11 is 5.07. The van der Waals surface area contributed by atoms with Crippen LogP contribution in [0.1, 0.15) is 39.5 Å². The molecule has 0 radical (unpaired) electrons.